The van der Waals surface area contributed by atoms with Gasteiger partial charge in [0.15, 0.2) is 0 Å². The van der Waals surface area contributed by atoms with Crippen LogP contribution in [0.1, 0.15) is 51.6 Å². The lowest BCUT2D eigenvalue weighted by Crippen LogP contribution is -2.25. The smallest absolute Gasteiger partial charge is 0.264 e. The molecule has 1 amide bonds. The van der Waals surface area contributed by atoms with Gasteiger partial charge in [-0.3, -0.25) is 4.79 Å². The molecule has 0 bridgehead atoms. The summed E-state index contributed by atoms with van der Waals surface area (Å²) in [5.74, 6) is 0.920. The van der Waals surface area contributed by atoms with Crippen LogP contribution >= 0.6 is 11.3 Å². The van der Waals surface area contributed by atoms with Crippen molar-refractivity contribution in [3.05, 3.63) is 45.5 Å². The maximum Gasteiger partial charge on any atom is 0.264 e. The van der Waals surface area contributed by atoms with E-state index < -0.39 is 0 Å². The highest BCUT2D eigenvalue weighted by atomic mass is 32.1. The number of aryl methyl sites for hydroxylation is 2. The molecule has 1 aliphatic carbocycles. The van der Waals surface area contributed by atoms with Crippen LogP contribution in [0.15, 0.2) is 28.9 Å². The zero-order chi connectivity index (χ0) is 14.7. The van der Waals surface area contributed by atoms with Gasteiger partial charge in [-0.05, 0) is 49.4 Å². The van der Waals surface area contributed by atoms with E-state index in [1.807, 2.05) is 19.2 Å². The van der Waals surface area contributed by atoms with E-state index in [2.05, 4.69) is 6.07 Å². The molecule has 2 aromatic rings. The second-order valence-electron chi connectivity index (χ2n) is 5.71. The first-order valence-electron chi connectivity index (χ1n) is 7.63. The van der Waals surface area contributed by atoms with Gasteiger partial charge < -0.3 is 9.32 Å². The fraction of sp³-hybridized carbons (Fsp3) is 0.471. The summed E-state index contributed by atoms with van der Waals surface area (Å²) in [7, 11) is 1.84. The van der Waals surface area contributed by atoms with Gasteiger partial charge in [0.2, 0.25) is 0 Å². The van der Waals surface area contributed by atoms with Crippen molar-refractivity contribution in [1.82, 2.24) is 4.90 Å². The largest absolute Gasteiger partial charge is 0.467 e. The fourth-order valence-corrected chi connectivity index (χ4v) is 4.09. The number of carbonyl (C=O) groups excluding carboxylic acids is 1. The zero-order valence-electron chi connectivity index (χ0n) is 12.4. The molecule has 0 aromatic carbocycles. The minimum Gasteiger partial charge on any atom is -0.467 e. The van der Waals surface area contributed by atoms with Crippen LogP contribution in [0.25, 0.3) is 0 Å². The standard InChI is InChI=1S/C17H21NO2S/c1-18(12-14-8-6-10-20-14)17(19)16-11-13-7-4-2-3-5-9-15(13)21-16/h6,8,10-11H,2-5,7,9,12H2,1H3. The van der Waals surface area contributed by atoms with E-state index in [4.69, 9.17) is 4.42 Å². The molecule has 0 spiro atoms. The molecule has 21 heavy (non-hydrogen) atoms. The highest BCUT2D eigenvalue weighted by molar-refractivity contribution is 7.14. The summed E-state index contributed by atoms with van der Waals surface area (Å²) in [6, 6.07) is 5.87. The molecule has 2 aromatic heterocycles. The van der Waals surface area contributed by atoms with Crippen molar-refractivity contribution < 1.29 is 9.21 Å². The number of hydrogen-bond donors (Lipinski definition) is 0. The van der Waals surface area contributed by atoms with Gasteiger partial charge in [-0.2, -0.15) is 0 Å². The number of fused-ring (bicyclic) bond motifs is 1. The van der Waals surface area contributed by atoms with Gasteiger partial charge in [-0.25, -0.2) is 0 Å². The van der Waals surface area contributed by atoms with Gasteiger partial charge in [-0.15, -0.1) is 11.3 Å². The second-order valence-corrected chi connectivity index (χ2v) is 6.85. The molecular formula is C17H21NO2S. The lowest BCUT2D eigenvalue weighted by atomic mass is 10.00. The first-order chi connectivity index (χ1) is 10.2. The Morgan fingerprint density at radius 1 is 1.29 bits per heavy atom. The third-order valence-electron chi connectivity index (χ3n) is 4.03. The van der Waals surface area contributed by atoms with Crippen LogP contribution < -0.4 is 0 Å². The third kappa shape index (κ3) is 3.38. The summed E-state index contributed by atoms with van der Waals surface area (Å²) in [5.41, 5.74) is 1.40. The Balaban J connectivity index is 1.73. The topological polar surface area (TPSA) is 33.5 Å². The molecule has 0 radical (unpaired) electrons. The Kier molecular flexibility index (Phi) is 4.44. The van der Waals surface area contributed by atoms with Crippen LogP contribution in [0.3, 0.4) is 0 Å². The number of thiophene rings is 1. The molecule has 0 atom stereocenters. The van der Waals surface area contributed by atoms with Crippen molar-refractivity contribution in [2.75, 3.05) is 7.05 Å². The minimum absolute atomic E-state index is 0.100. The Morgan fingerprint density at radius 3 is 2.86 bits per heavy atom. The number of nitrogens with zero attached hydrogens (tertiary/aromatic N) is 1. The molecule has 3 nitrogen and oxygen atoms in total. The number of carbonyl (C=O) groups is 1. The minimum atomic E-state index is 0.100. The fourth-order valence-electron chi connectivity index (χ4n) is 2.85. The molecule has 0 aliphatic heterocycles. The van der Waals surface area contributed by atoms with Crippen molar-refractivity contribution in [2.45, 2.75) is 45.1 Å². The Hall–Kier alpha value is -1.55. The van der Waals surface area contributed by atoms with E-state index >= 15 is 0 Å². The average Bonchev–Trinajstić information content (AvgIpc) is 3.08. The van der Waals surface area contributed by atoms with E-state index in [-0.39, 0.29) is 5.91 Å². The first-order valence-corrected chi connectivity index (χ1v) is 8.45. The Labute approximate surface area is 129 Å². The molecule has 0 fully saturated rings. The van der Waals surface area contributed by atoms with Crippen molar-refractivity contribution in [3.8, 4) is 0 Å². The average molecular weight is 303 g/mol. The molecule has 0 unspecified atom stereocenters. The molecule has 1 aliphatic rings. The van der Waals surface area contributed by atoms with Crippen molar-refractivity contribution >= 4 is 17.2 Å². The van der Waals surface area contributed by atoms with Gasteiger partial charge in [0.25, 0.3) is 5.91 Å². The van der Waals surface area contributed by atoms with Crippen LogP contribution in [0.4, 0.5) is 0 Å². The number of amides is 1. The summed E-state index contributed by atoms with van der Waals surface area (Å²) in [6.45, 7) is 0.522. The van der Waals surface area contributed by atoms with Gasteiger partial charge >= 0.3 is 0 Å². The second kappa shape index (κ2) is 6.48. The number of furan rings is 1. The predicted molar refractivity (Wildman–Crippen MR) is 84.7 cm³/mol. The predicted octanol–water partition coefficient (Wildman–Crippen LogP) is 4.27. The van der Waals surface area contributed by atoms with E-state index in [1.54, 1.807) is 22.5 Å². The summed E-state index contributed by atoms with van der Waals surface area (Å²) in [5, 5.41) is 0. The van der Waals surface area contributed by atoms with Gasteiger partial charge in [0.1, 0.15) is 5.76 Å². The highest BCUT2D eigenvalue weighted by Gasteiger charge is 2.19. The van der Waals surface area contributed by atoms with Crippen LogP contribution in [0.2, 0.25) is 0 Å². The van der Waals surface area contributed by atoms with E-state index in [9.17, 15) is 4.79 Å². The maximum absolute atomic E-state index is 12.6. The molecular weight excluding hydrogens is 282 g/mol. The van der Waals surface area contributed by atoms with Gasteiger partial charge in [-0.1, -0.05) is 12.8 Å². The van der Waals surface area contributed by atoms with E-state index in [1.165, 1.54) is 36.1 Å². The zero-order valence-corrected chi connectivity index (χ0v) is 13.2. The normalized spacial score (nSPS) is 15.1. The molecule has 4 heteroatoms. The molecule has 0 N–H and O–H groups in total. The Bertz CT molecular complexity index is 575. The van der Waals surface area contributed by atoms with Crippen LogP contribution in [0, 0.1) is 0 Å². The summed E-state index contributed by atoms with van der Waals surface area (Å²) in [4.78, 5) is 16.6. The molecule has 2 heterocycles. The van der Waals surface area contributed by atoms with Crippen LogP contribution in [-0.2, 0) is 19.4 Å². The summed E-state index contributed by atoms with van der Waals surface area (Å²) < 4.78 is 5.31. The quantitative estimate of drug-likeness (QED) is 0.848. The lowest BCUT2D eigenvalue weighted by molar-refractivity contribution is 0.0780. The highest BCUT2D eigenvalue weighted by Crippen LogP contribution is 2.29. The first kappa shape index (κ1) is 14.4. The van der Waals surface area contributed by atoms with Crippen LogP contribution in [-0.4, -0.2) is 17.9 Å². The number of hydrogen-bond acceptors (Lipinski definition) is 3. The van der Waals surface area contributed by atoms with Crippen molar-refractivity contribution in [1.29, 1.82) is 0 Å². The van der Waals surface area contributed by atoms with Crippen molar-refractivity contribution in [3.63, 3.8) is 0 Å². The molecule has 112 valence electrons. The molecule has 3 rings (SSSR count). The third-order valence-corrected chi connectivity index (χ3v) is 5.25. The molecule has 0 saturated heterocycles. The number of rotatable bonds is 3. The maximum atomic E-state index is 12.6. The van der Waals surface area contributed by atoms with Gasteiger partial charge in [0.05, 0.1) is 17.7 Å². The SMILES string of the molecule is CN(Cc1ccco1)C(=O)c1cc2c(s1)CCCCCC2. The summed E-state index contributed by atoms with van der Waals surface area (Å²) in [6.07, 6.45) is 9.04. The van der Waals surface area contributed by atoms with E-state index in [0.717, 1.165) is 23.5 Å². The summed E-state index contributed by atoms with van der Waals surface area (Å²) >= 11 is 1.69. The van der Waals surface area contributed by atoms with Gasteiger partial charge in [0, 0.05) is 11.9 Å². The van der Waals surface area contributed by atoms with E-state index in [0.29, 0.717) is 6.54 Å². The lowest BCUT2D eigenvalue weighted by Gasteiger charge is -2.14. The monoisotopic (exact) mass is 303 g/mol. The molecule has 0 saturated carbocycles. The van der Waals surface area contributed by atoms with Crippen LogP contribution in [0.5, 0.6) is 0 Å². The van der Waals surface area contributed by atoms with Crippen molar-refractivity contribution in [2.24, 2.45) is 0 Å². The Morgan fingerprint density at radius 2 is 2.10 bits per heavy atom.